The molecule has 2 nitrogen and oxygen atoms in total. The maximum absolute atomic E-state index is 5.61. The van der Waals surface area contributed by atoms with Crippen molar-refractivity contribution >= 4 is 9.90 Å². The third-order valence-corrected chi connectivity index (χ3v) is 2.44. The van der Waals surface area contributed by atoms with Crippen molar-refractivity contribution in [1.29, 1.82) is 0 Å². The van der Waals surface area contributed by atoms with Gasteiger partial charge in [-0.3, -0.25) is 0 Å². The molecule has 2 rings (SSSR count). The second-order valence-electron chi connectivity index (χ2n) is 3.91. The van der Waals surface area contributed by atoms with Gasteiger partial charge in [-0.25, -0.2) is 0 Å². The van der Waals surface area contributed by atoms with Crippen LogP contribution < -0.4 is 9.47 Å². The molecule has 1 aromatic carbocycles. The Hall–Kier alpha value is -0.750. The van der Waals surface area contributed by atoms with Crippen molar-refractivity contribution in [3.05, 3.63) is 23.8 Å². The molecule has 3 heteroatoms. The molecule has 0 spiro atoms. The van der Waals surface area contributed by atoms with E-state index in [0.717, 1.165) is 31.1 Å². The van der Waals surface area contributed by atoms with E-state index in [-0.39, 0.29) is 9.90 Å². The van der Waals surface area contributed by atoms with Crippen molar-refractivity contribution < 1.29 is 9.47 Å². The summed E-state index contributed by atoms with van der Waals surface area (Å²) in [5.74, 6) is 2.31. The highest BCUT2D eigenvalue weighted by atomic mass is 31.0. The van der Waals surface area contributed by atoms with Crippen LogP contribution in [0.5, 0.6) is 11.5 Å². The zero-order valence-electron chi connectivity index (χ0n) is 9.45. The molecule has 0 amide bonds. The van der Waals surface area contributed by atoms with Crippen LogP contribution in [0.4, 0.5) is 0 Å². The molecule has 1 unspecified atom stereocenters. The molecule has 0 radical (unpaired) electrons. The third-order valence-electron chi connectivity index (χ3n) is 2.44. The zero-order chi connectivity index (χ0) is 9.97. The molecule has 0 N–H and O–H groups in total. The molecule has 1 heterocycles. The lowest BCUT2D eigenvalue weighted by molar-refractivity contribution is 0.297. The van der Waals surface area contributed by atoms with Gasteiger partial charge in [-0.1, -0.05) is 19.9 Å². The first-order chi connectivity index (χ1) is 6.77. The summed E-state index contributed by atoms with van der Waals surface area (Å²) >= 11 is 0. The van der Waals surface area contributed by atoms with E-state index >= 15 is 0 Å². The highest BCUT2D eigenvalue weighted by molar-refractivity contribution is 6.92. The second-order valence-corrected chi connectivity index (χ2v) is 3.91. The van der Waals surface area contributed by atoms with Gasteiger partial charge in [-0.2, -0.15) is 9.90 Å². The topological polar surface area (TPSA) is 18.5 Å². The van der Waals surface area contributed by atoms with Crippen LogP contribution in [-0.2, 0) is 0 Å². The van der Waals surface area contributed by atoms with Crippen LogP contribution >= 0.6 is 9.90 Å². The minimum atomic E-state index is 0. The predicted octanol–water partition coefficient (Wildman–Crippen LogP) is 3.03. The number of fused-ring (bicyclic) bond motifs is 1. The third kappa shape index (κ3) is 2.85. The summed E-state index contributed by atoms with van der Waals surface area (Å²) in [6, 6.07) is 6.21. The average Bonchev–Trinajstić information content (AvgIpc) is 2.41. The molecule has 0 aromatic heterocycles. The molecule has 0 bridgehead atoms. The summed E-state index contributed by atoms with van der Waals surface area (Å²) in [5, 5.41) is 0. The van der Waals surface area contributed by atoms with E-state index in [1.807, 2.05) is 6.07 Å². The summed E-state index contributed by atoms with van der Waals surface area (Å²) in [6.07, 6.45) is 0.964. The van der Waals surface area contributed by atoms with Crippen LogP contribution in [0.15, 0.2) is 18.2 Å². The van der Waals surface area contributed by atoms with Crippen molar-refractivity contribution in [2.75, 3.05) is 13.2 Å². The van der Waals surface area contributed by atoms with E-state index in [1.54, 1.807) is 0 Å². The SMILES string of the molecule is CC(C)c1ccc2c(c1)OCCCO2.P. The van der Waals surface area contributed by atoms with E-state index in [4.69, 9.17) is 9.47 Å². The van der Waals surface area contributed by atoms with Gasteiger partial charge >= 0.3 is 0 Å². The van der Waals surface area contributed by atoms with Gasteiger partial charge in [-0.05, 0) is 23.6 Å². The van der Waals surface area contributed by atoms with Crippen LogP contribution in [0.1, 0.15) is 31.7 Å². The number of rotatable bonds is 1. The molecule has 1 atom stereocenters. The summed E-state index contributed by atoms with van der Waals surface area (Å²) < 4.78 is 11.2. The molecular weight excluding hydrogens is 207 g/mol. The minimum absolute atomic E-state index is 0. The van der Waals surface area contributed by atoms with E-state index in [9.17, 15) is 0 Å². The molecule has 0 fully saturated rings. The summed E-state index contributed by atoms with van der Waals surface area (Å²) in [6.45, 7) is 5.88. The standard InChI is InChI=1S/C12H16O2.H3P/c1-9(2)10-4-5-11-12(8-10)14-7-3-6-13-11;/h4-5,8-9H,3,6-7H2,1-2H3;1H3. The quantitative estimate of drug-likeness (QED) is 0.685. The first-order valence-electron chi connectivity index (χ1n) is 5.17. The monoisotopic (exact) mass is 226 g/mol. The van der Waals surface area contributed by atoms with Crippen molar-refractivity contribution in [3.8, 4) is 11.5 Å². The van der Waals surface area contributed by atoms with Crippen LogP contribution in [0, 0.1) is 0 Å². The van der Waals surface area contributed by atoms with E-state index < -0.39 is 0 Å². The Kier molecular flexibility index (Phi) is 4.41. The normalized spacial score (nSPS) is 14.3. The molecule has 15 heavy (non-hydrogen) atoms. The second kappa shape index (κ2) is 5.37. The molecule has 0 saturated heterocycles. The number of ether oxygens (including phenoxy) is 2. The molecule has 84 valence electrons. The van der Waals surface area contributed by atoms with Gasteiger partial charge in [0.1, 0.15) is 0 Å². The molecule has 1 aromatic rings. The van der Waals surface area contributed by atoms with Crippen molar-refractivity contribution in [3.63, 3.8) is 0 Å². The largest absolute Gasteiger partial charge is 0.490 e. The molecule has 1 aliphatic heterocycles. The Balaban J connectivity index is 0.00000112. The first-order valence-corrected chi connectivity index (χ1v) is 5.17. The van der Waals surface area contributed by atoms with Crippen LogP contribution in [0.2, 0.25) is 0 Å². The number of benzene rings is 1. The maximum Gasteiger partial charge on any atom is 0.161 e. The molecule has 0 aliphatic carbocycles. The lowest BCUT2D eigenvalue weighted by atomic mass is 10.0. The summed E-state index contributed by atoms with van der Waals surface area (Å²) in [7, 11) is 0. The zero-order valence-corrected chi connectivity index (χ0v) is 10.9. The Morgan fingerprint density at radius 3 is 2.40 bits per heavy atom. The number of hydrogen-bond donors (Lipinski definition) is 0. The maximum atomic E-state index is 5.61. The van der Waals surface area contributed by atoms with E-state index in [1.165, 1.54) is 5.56 Å². The predicted molar refractivity (Wildman–Crippen MR) is 67.2 cm³/mol. The Morgan fingerprint density at radius 1 is 1.07 bits per heavy atom. The summed E-state index contributed by atoms with van der Waals surface area (Å²) in [4.78, 5) is 0. The van der Waals surface area contributed by atoms with Gasteiger partial charge in [0, 0.05) is 6.42 Å². The summed E-state index contributed by atoms with van der Waals surface area (Å²) in [5.41, 5.74) is 1.30. The van der Waals surface area contributed by atoms with Gasteiger partial charge in [0.05, 0.1) is 13.2 Å². The first kappa shape index (κ1) is 12.3. The van der Waals surface area contributed by atoms with Gasteiger partial charge in [-0.15, -0.1) is 0 Å². The molecular formula is C12H19O2P. The Labute approximate surface area is 94.6 Å². The average molecular weight is 226 g/mol. The van der Waals surface area contributed by atoms with Gasteiger partial charge < -0.3 is 9.47 Å². The van der Waals surface area contributed by atoms with Crippen molar-refractivity contribution in [1.82, 2.24) is 0 Å². The fraction of sp³-hybridized carbons (Fsp3) is 0.500. The van der Waals surface area contributed by atoms with Gasteiger partial charge in [0.2, 0.25) is 0 Å². The van der Waals surface area contributed by atoms with E-state index in [0.29, 0.717) is 5.92 Å². The Bertz CT molecular complexity index is 323. The fourth-order valence-electron chi connectivity index (χ4n) is 1.54. The minimum Gasteiger partial charge on any atom is -0.490 e. The van der Waals surface area contributed by atoms with Crippen LogP contribution in [0.3, 0.4) is 0 Å². The highest BCUT2D eigenvalue weighted by Crippen LogP contribution is 2.32. The van der Waals surface area contributed by atoms with Gasteiger partial charge in [0.25, 0.3) is 0 Å². The van der Waals surface area contributed by atoms with E-state index in [2.05, 4.69) is 26.0 Å². The molecule has 1 aliphatic rings. The lowest BCUT2D eigenvalue weighted by Crippen LogP contribution is -1.97. The lowest BCUT2D eigenvalue weighted by Gasteiger charge is -2.10. The van der Waals surface area contributed by atoms with Gasteiger partial charge in [0.15, 0.2) is 11.5 Å². The van der Waals surface area contributed by atoms with Crippen molar-refractivity contribution in [2.45, 2.75) is 26.2 Å². The molecule has 0 saturated carbocycles. The van der Waals surface area contributed by atoms with Crippen molar-refractivity contribution in [2.24, 2.45) is 0 Å². The van der Waals surface area contributed by atoms with Crippen LogP contribution in [-0.4, -0.2) is 13.2 Å². The smallest absolute Gasteiger partial charge is 0.161 e. The highest BCUT2D eigenvalue weighted by Gasteiger charge is 2.11. The van der Waals surface area contributed by atoms with Crippen LogP contribution in [0.25, 0.3) is 0 Å². The fourth-order valence-corrected chi connectivity index (χ4v) is 1.54. The number of hydrogen-bond acceptors (Lipinski definition) is 2. The Morgan fingerprint density at radius 2 is 1.73 bits per heavy atom.